The van der Waals surface area contributed by atoms with Crippen molar-refractivity contribution in [1.82, 2.24) is 19.8 Å². The Kier molecular flexibility index (Phi) is 5.90. The van der Waals surface area contributed by atoms with Crippen LogP contribution < -0.4 is 5.32 Å². The number of imidazole rings is 1. The number of benzene rings is 2. The highest BCUT2D eigenvalue weighted by molar-refractivity contribution is 6.38. The molecule has 0 bridgehead atoms. The van der Waals surface area contributed by atoms with Crippen LogP contribution in [0.2, 0.25) is 10.0 Å². The molecular formula is C22H21Cl2F3N4O. The molecule has 1 fully saturated rings. The van der Waals surface area contributed by atoms with E-state index in [1.807, 2.05) is 7.05 Å². The quantitative estimate of drug-likeness (QED) is 0.576. The van der Waals surface area contributed by atoms with E-state index in [4.69, 9.17) is 23.2 Å². The van der Waals surface area contributed by atoms with Crippen molar-refractivity contribution in [2.45, 2.75) is 25.6 Å². The van der Waals surface area contributed by atoms with Crippen LogP contribution in [0.3, 0.4) is 0 Å². The molecule has 10 heteroatoms. The minimum Gasteiger partial charge on any atom is -0.335 e. The Balaban J connectivity index is 1.71. The number of hydrogen-bond acceptors (Lipinski definition) is 3. The highest BCUT2D eigenvalue weighted by atomic mass is 35.5. The third-order valence-corrected chi connectivity index (χ3v) is 6.71. The first-order valence-corrected chi connectivity index (χ1v) is 10.7. The Morgan fingerprint density at radius 1 is 1.25 bits per heavy atom. The molecule has 2 aromatic carbocycles. The fourth-order valence-electron chi connectivity index (χ4n) is 3.91. The first-order valence-electron chi connectivity index (χ1n) is 9.97. The molecule has 1 aliphatic rings. The summed E-state index contributed by atoms with van der Waals surface area (Å²) in [6.07, 6.45) is -4.28. The third-order valence-electron chi connectivity index (χ3n) is 5.93. The molecule has 1 N–H and O–H groups in total. The number of aromatic nitrogens is 2. The van der Waals surface area contributed by atoms with Gasteiger partial charge in [0.15, 0.2) is 0 Å². The number of nitrogens with one attached hydrogen (secondary N) is 1. The van der Waals surface area contributed by atoms with E-state index < -0.39 is 11.7 Å². The van der Waals surface area contributed by atoms with E-state index in [9.17, 15) is 18.0 Å². The van der Waals surface area contributed by atoms with Crippen LogP contribution in [0.4, 0.5) is 13.2 Å². The SMILES string of the molecule is CNC1CN(C(=O)c2ccc(Cl)c(Cc3nc4c(C)cc(C(F)(F)F)cc4n3C)c2Cl)C1. The van der Waals surface area contributed by atoms with E-state index in [2.05, 4.69) is 10.3 Å². The zero-order valence-electron chi connectivity index (χ0n) is 17.6. The molecule has 3 aromatic rings. The molecule has 0 aliphatic carbocycles. The summed E-state index contributed by atoms with van der Waals surface area (Å²) in [6.45, 7) is 2.78. The van der Waals surface area contributed by atoms with Gasteiger partial charge in [-0.1, -0.05) is 23.2 Å². The Labute approximate surface area is 193 Å². The van der Waals surface area contributed by atoms with E-state index in [1.165, 1.54) is 0 Å². The van der Waals surface area contributed by atoms with Crippen LogP contribution in [0.1, 0.15) is 32.9 Å². The summed E-state index contributed by atoms with van der Waals surface area (Å²) < 4.78 is 41.3. The van der Waals surface area contributed by atoms with Crippen LogP contribution in [0.15, 0.2) is 24.3 Å². The number of aryl methyl sites for hydroxylation is 2. The topological polar surface area (TPSA) is 50.2 Å². The fourth-order valence-corrected chi connectivity index (χ4v) is 4.49. The smallest absolute Gasteiger partial charge is 0.335 e. The lowest BCUT2D eigenvalue weighted by Gasteiger charge is -2.39. The molecule has 2 heterocycles. The third kappa shape index (κ3) is 3.95. The predicted octanol–water partition coefficient (Wildman–Crippen LogP) is 4.84. The molecular weight excluding hydrogens is 464 g/mol. The molecule has 0 saturated carbocycles. The van der Waals surface area contributed by atoms with Crippen molar-refractivity contribution in [3.8, 4) is 0 Å². The number of nitrogens with zero attached hydrogens (tertiary/aromatic N) is 3. The minimum absolute atomic E-state index is 0.171. The van der Waals surface area contributed by atoms with Gasteiger partial charge in [0.1, 0.15) is 5.82 Å². The highest BCUT2D eigenvalue weighted by Crippen LogP contribution is 2.35. The summed E-state index contributed by atoms with van der Waals surface area (Å²) in [5.41, 5.74) is 1.40. The average Bonchev–Trinajstić information content (AvgIpc) is 3.00. The Hall–Kier alpha value is -2.29. The van der Waals surface area contributed by atoms with Crippen molar-refractivity contribution in [3.05, 3.63) is 62.4 Å². The molecule has 0 radical (unpaired) electrons. The van der Waals surface area contributed by atoms with Crippen molar-refractivity contribution in [2.75, 3.05) is 20.1 Å². The maximum absolute atomic E-state index is 13.2. The van der Waals surface area contributed by atoms with Gasteiger partial charge in [0.2, 0.25) is 0 Å². The van der Waals surface area contributed by atoms with Gasteiger partial charge in [-0.15, -0.1) is 0 Å². The number of likely N-dealkylation sites (N-methyl/N-ethyl adjacent to an activating group) is 1. The second-order valence-electron chi connectivity index (χ2n) is 8.01. The zero-order chi connectivity index (χ0) is 23.4. The molecule has 0 atom stereocenters. The number of fused-ring (bicyclic) bond motifs is 1. The monoisotopic (exact) mass is 484 g/mol. The van der Waals surface area contributed by atoms with Gasteiger partial charge in [0.25, 0.3) is 5.91 Å². The Morgan fingerprint density at radius 3 is 2.56 bits per heavy atom. The number of hydrogen-bond donors (Lipinski definition) is 1. The van der Waals surface area contributed by atoms with E-state index in [1.54, 1.807) is 35.6 Å². The van der Waals surface area contributed by atoms with E-state index in [-0.39, 0.29) is 23.4 Å². The molecule has 1 aliphatic heterocycles. The number of carbonyl (C=O) groups is 1. The first-order chi connectivity index (χ1) is 15.0. The number of carbonyl (C=O) groups excluding carboxylic acids is 1. The van der Waals surface area contributed by atoms with Crippen molar-refractivity contribution in [2.24, 2.45) is 7.05 Å². The van der Waals surface area contributed by atoms with Crippen LogP contribution in [0.5, 0.6) is 0 Å². The van der Waals surface area contributed by atoms with Gasteiger partial charge in [-0.25, -0.2) is 4.98 Å². The molecule has 1 aromatic heterocycles. The number of rotatable bonds is 4. The van der Waals surface area contributed by atoms with Gasteiger partial charge >= 0.3 is 6.18 Å². The van der Waals surface area contributed by atoms with Gasteiger partial charge in [0.05, 0.1) is 27.2 Å². The second-order valence-corrected chi connectivity index (χ2v) is 8.79. The zero-order valence-corrected chi connectivity index (χ0v) is 19.2. The standard InChI is InChI=1S/C22H21Cl2F3N4O/c1-11-6-12(22(25,26)27)7-17-20(11)29-18(30(17)3)8-15-16(23)5-4-14(19(15)24)21(32)31-9-13(10-31)28-2/h4-7,13,28H,8-10H2,1-3H3. The predicted molar refractivity (Wildman–Crippen MR) is 118 cm³/mol. The number of halogens is 5. The van der Waals surface area contributed by atoms with Crippen molar-refractivity contribution in [1.29, 1.82) is 0 Å². The second kappa shape index (κ2) is 8.24. The van der Waals surface area contributed by atoms with E-state index in [0.717, 1.165) is 12.1 Å². The lowest BCUT2D eigenvalue weighted by molar-refractivity contribution is -0.137. The van der Waals surface area contributed by atoms with E-state index >= 15 is 0 Å². The molecule has 0 spiro atoms. The molecule has 170 valence electrons. The molecule has 1 saturated heterocycles. The normalized spacial score (nSPS) is 14.8. The number of amides is 1. The maximum atomic E-state index is 13.2. The molecule has 4 rings (SSSR count). The molecule has 32 heavy (non-hydrogen) atoms. The first kappa shape index (κ1) is 22.9. The lowest BCUT2D eigenvalue weighted by atomic mass is 10.0. The van der Waals surface area contributed by atoms with Gasteiger partial charge in [-0.3, -0.25) is 4.79 Å². The van der Waals surface area contributed by atoms with Crippen molar-refractivity contribution in [3.63, 3.8) is 0 Å². The summed E-state index contributed by atoms with van der Waals surface area (Å²) in [6, 6.07) is 5.64. The fraction of sp³-hybridized carbons (Fsp3) is 0.364. The molecule has 0 unspecified atom stereocenters. The lowest BCUT2D eigenvalue weighted by Crippen LogP contribution is -2.58. The Morgan fingerprint density at radius 2 is 1.94 bits per heavy atom. The van der Waals surface area contributed by atoms with Gasteiger partial charge < -0.3 is 14.8 Å². The highest BCUT2D eigenvalue weighted by Gasteiger charge is 2.33. The number of alkyl halides is 3. The van der Waals surface area contributed by atoms with Crippen molar-refractivity contribution >= 4 is 40.1 Å². The van der Waals surface area contributed by atoms with Crippen LogP contribution in [0.25, 0.3) is 11.0 Å². The largest absolute Gasteiger partial charge is 0.416 e. The summed E-state index contributed by atoms with van der Waals surface area (Å²) >= 11 is 13.0. The van der Waals surface area contributed by atoms with Gasteiger partial charge in [0, 0.05) is 37.6 Å². The van der Waals surface area contributed by atoms with E-state index in [0.29, 0.717) is 51.7 Å². The van der Waals surface area contributed by atoms with Gasteiger partial charge in [-0.05, 0) is 49.4 Å². The minimum atomic E-state index is -4.45. The van der Waals surface area contributed by atoms with Gasteiger partial charge in [-0.2, -0.15) is 13.2 Å². The summed E-state index contributed by atoms with van der Waals surface area (Å²) in [7, 11) is 3.50. The average molecular weight is 485 g/mol. The van der Waals surface area contributed by atoms with Crippen LogP contribution in [0, 0.1) is 6.92 Å². The maximum Gasteiger partial charge on any atom is 0.416 e. The van der Waals surface area contributed by atoms with Crippen LogP contribution in [-0.4, -0.2) is 46.5 Å². The van der Waals surface area contributed by atoms with Crippen LogP contribution in [-0.2, 0) is 19.6 Å². The molecule has 5 nitrogen and oxygen atoms in total. The summed E-state index contributed by atoms with van der Waals surface area (Å²) in [5.74, 6) is 0.310. The Bertz CT molecular complexity index is 1220. The summed E-state index contributed by atoms with van der Waals surface area (Å²) in [4.78, 5) is 19.1. The van der Waals surface area contributed by atoms with Crippen molar-refractivity contribution < 1.29 is 18.0 Å². The summed E-state index contributed by atoms with van der Waals surface area (Å²) in [5, 5.41) is 3.71. The van der Waals surface area contributed by atoms with Crippen LogP contribution >= 0.6 is 23.2 Å². The molecule has 1 amide bonds. The number of likely N-dealkylation sites (tertiary alicyclic amines) is 1.